The summed E-state index contributed by atoms with van der Waals surface area (Å²) in [4.78, 5) is 24.7. The number of rotatable bonds is 7. The number of methoxy groups -OCH3 is 1. The summed E-state index contributed by atoms with van der Waals surface area (Å²) in [5.41, 5.74) is 1.23. The Kier molecular flexibility index (Phi) is 6.64. The number of hydrogen-bond acceptors (Lipinski definition) is 4. The molecule has 0 aromatic heterocycles. The molecule has 6 nitrogen and oxygen atoms in total. The second-order valence-corrected chi connectivity index (χ2v) is 6.73. The van der Waals surface area contributed by atoms with Crippen LogP contribution in [0.4, 0.5) is 14.5 Å². The highest BCUT2D eigenvalue weighted by atomic mass is 19.3. The maximum atomic E-state index is 12.4. The third kappa shape index (κ3) is 5.43. The number of hydrogen-bond donors (Lipinski definition) is 2. The lowest BCUT2D eigenvalue weighted by molar-refractivity contribution is -0.0512. The minimum absolute atomic E-state index is 0.0249. The van der Waals surface area contributed by atoms with Crippen LogP contribution >= 0.6 is 0 Å². The molecule has 0 saturated heterocycles. The van der Waals surface area contributed by atoms with Gasteiger partial charge in [-0.05, 0) is 55.3 Å². The highest BCUT2D eigenvalue weighted by Gasteiger charge is 2.18. The first-order valence-corrected chi connectivity index (χ1v) is 9.31. The number of amides is 2. The van der Waals surface area contributed by atoms with Gasteiger partial charge in [-0.1, -0.05) is 12.8 Å². The maximum Gasteiger partial charge on any atom is 0.387 e. The van der Waals surface area contributed by atoms with Gasteiger partial charge in [-0.25, -0.2) is 0 Å². The van der Waals surface area contributed by atoms with Crippen LogP contribution in [0.3, 0.4) is 0 Å². The highest BCUT2D eigenvalue weighted by molar-refractivity contribution is 6.05. The van der Waals surface area contributed by atoms with Crippen molar-refractivity contribution in [1.29, 1.82) is 0 Å². The van der Waals surface area contributed by atoms with Crippen LogP contribution in [-0.2, 0) is 0 Å². The lowest BCUT2D eigenvalue weighted by Gasteiger charge is -2.13. The second kappa shape index (κ2) is 9.36. The minimum Gasteiger partial charge on any atom is -0.493 e. The highest BCUT2D eigenvalue weighted by Crippen LogP contribution is 2.29. The van der Waals surface area contributed by atoms with Gasteiger partial charge in [0.25, 0.3) is 11.8 Å². The molecule has 0 unspecified atom stereocenters. The molecule has 154 valence electrons. The van der Waals surface area contributed by atoms with Crippen LogP contribution in [0.1, 0.15) is 46.4 Å². The molecule has 1 fully saturated rings. The van der Waals surface area contributed by atoms with Crippen LogP contribution < -0.4 is 20.1 Å². The fourth-order valence-corrected chi connectivity index (χ4v) is 3.25. The van der Waals surface area contributed by atoms with Gasteiger partial charge in [0.15, 0.2) is 11.5 Å². The summed E-state index contributed by atoms with van der Waals surface area (Å²) in [5.74, 6) is -0.710. The van der Waals surface area contributed by atoms with Gasteiger partial charge in [0.05, 0.1) is 7.11 Å². The lowest BCUT2D eigenvalue weighted by Crippen LogP contribution is -2.32. The van der Waals surface area contributed by atoms with Gasteiger partial charge in [0.1, 0.15) is 0 Å². The molecule has 2 N–H and O–H groups in total. The van der Waals surface area contributed by atoms with Gasteiger partial charge in [-0.2, -0.15) is 8.78 Å². The third-order valence-electron chi connectivity index (χ3n) is 4.74. The summed E-state index contributed by atoms with van der Waals surface area (Å²) < 4.78 is 34.1. The first kappa shape index (κ1) is 20.6. The number of benzene rings is 2. The smallest absolute Gasteiger partial charge is 0.387 e. The Hall–Kier alpha value is -3.16. The quantitative estimate of drug-likeness (QED) is 0.724. The van der Waals surface area contributed by atoms with Gasteiger partial charge in [0.2, 0.25) is 0 Å². The lowest BCUT2D eigenvalue weighted by atomic mass is 10.1. The Morgan fingerprint density at radius 3 is 2.24 bits per heavy atom. The van der Waals surface area contributed by atoms with E-state index in [1.165, 1.54) is 25.3 Å². The van der Waals surface area contributed by atoms with E-state index < -0.39 is 12.5 Å². The van der Waals surface area contributed by atoms with E-state index in [-0.39, 0.29) is 29.0 Å². The summed E-state index contributed by atoms with van der Waals surface area (Å²) in [7, 11) is 1.30. The van der Waals surface area contributed by atoms with E-state index in [1.807, 2.05) is 0 Å². The summed E-state index contributed by atoms with van der Waals surface area (Å²) in [6.07, 6.45) is 4.28. The average Bonchev–Trinajstić information content (AvgIpc) is 3.21. The normalized spacial score (nSPS) is 13.9. The van der Waals surface area contributed by atoms with Crippen LogP contribution in [-0.4, -0.2) is 31.6 Å². The molecular weight excluding hydrogens is 382 g/mol. The Balaban J connectivity index is 1.63. The zero-order valence-electron chi connectivity index (χ0n) is 15.9. The number of carbonyl (C=O) groups excluding carboxylic acids is 2. The van der Waals surface area contributed by atoms with Gasteiger partial charge < -0.3 is 20.1 Å². The van der Waals surface area contributed by atoms with Crippen molar-refractivity contribution in [2.45, 2.75) is 38.3 Å². The monoisotopic (exact) mass is 404 g/mol. The van der Waals surface area contributed by atoms with Gasteiger partial charge >= 0.3 is 6.61 Å². The van der Waals surface area contributed by atoms with E-state index in [4.69, 9.17) is 4.74 Å². The van der Waals surface area contributed by atoms with Crippen LogP contribution in [0, 0.1) is 0 Å². The topological polar surface area (TPSA) is 76.7 Å². The average molecular weight is 404 g/mol. The zero-order valence-corrected chi connectivity index (χ0v) is 15.9. The first-order valence-electron chi connectivity index (χ1n) is 9.31. The summed E-state index contributed by atoms with van der Waals surface area (Å²) >= 11 is 0. The molecule has 0 radical (unpaired) electrons. The molecule has 0 atom stereocenters. The number of carbonyl (C=O) groups is 2. The fourth-order valence-electron chi connectivity index (χ4n) is 3.25. The molecular formula is C21H22F2N2O4. The standard InChI is InChI=1S/C21H22F2N2O4/c1-28-18-12-14(8-11-17(18)29-21(22)23)20(27)25-16-9-6-13(7-10-16)19(26)24-15-4-2-3-5-15/h6-12,15,21H,2-5H2,1H3,(H,24,26)(H,25,27). The van der Waals surface area contributed by atoms with Crippen molar-refractivity contribution in [3.8, 4) is 11.5 Å². The summed E-state index contributed by atoms with van der Waals surface area (Å²) in [6.45, 7) is -2.99. The SMILES string of the molecule is COc1cc(C(=O)Nc2ccc(C(=O)NC3CCCC3)cc2)ccc1OC(F)F. The van der Waals surface area contributed by atoms with Gasteiger partial charge in [-0.15, -0.1) is 0 Å². The van der Waals surface area contributed by atoms with E-state index in [1.54, 1.807) is 24.3 Å². The first-order chi connectivity index (χ1) is 14.0. The van der Waals surface area contributed by atoms with Crippen molar-refractivity contribution in [3.63, 3.8) is 0 Å². The van der Waals surface area contributed by atoms with Crippen LogP contribution in [0.25, 0.3) is 0 Å². The zero-order chi connectivity index (χ0) is 20.8. The predicted octanol–water partition coefficient (Wildman–Crippen LogP) is 4.22. The molecule has 1 aliphatic carbocycles. The molecule has 3 rings (SSSR count). The molecule has 2 aromatic rings. The number of alkyl halides is 2. The Labute approximate surface area is 167 Å². The number of ether oxygens (including phenoxy) is 2. The van der Waals surface area contributed by atoms with E-state index >= 15 is 0 Å². The third-order valence-corrected chi connectivity index (χ3v) is 4.74. The Bertz CT molecular complexity index is 865. The number of halogens is 2. The molecule has 0 spiro atoms. The van der Waals surface area contributed by atoms with Crippen molar-refractivity contribution in [2.24, 2.45) is 0 Å². The van der Waals surface area contributed by atoms with Crippen molar-refractivity contribution >= 4 is 17.5 Å². The summed E-state index contributed by atoms with van der Waals surface area (Å²) in [6, 6.07) is 10.7. The molecule has 1 saturated carbocycles. The van der Waals surface area contributed by atoms with Crippen molar-refractivity contribution in [3.05, 3.63) is 53.6 Å². The predicted molar refractivity (Wildman–Crippen MR) is 104 cm³/mol. The van der Waals surface area contributed by atoms with Crippen LogP contribution in [0.15, 0.2) is 42.5 Å². The van der Waals surface area contributed by atoms with Crippen molar-refractivity contribution in [1.82, 2.24) is 5.32 Å². The molecule has 29 heavy (non-hydrogen) atoms. The second-order valence-electron chi connectivity index (χ2n) is 6.73. The molecule has 2 aromatic carbocycles. The van der Waals surface area contributed by atoms with Gasteiger partial charge in [-0.3, -0.25) is 9.59 Å². The molecule has 0 aliphatic heterocycles. The largest absolute Gasteiger partial charge is 0.493 e. The molecule has 8 heteroatoms. The van der Waals surface area contributed by atoms with Gasteiger partial charge in [0, 0.05) is 22.9 Å². The molecule has 0 bridgehead atoms. The Morgan fingerprint density at radius 1 is 0.966 bits per heavy atom. The minimum atomic E-state index is -2.99. The van der Waals surface area contributed by atoms with Crippen LogP contribution in [0.2, 0.25) is 0 Å². The van der Waals surface area contributed by atoms with E-state index in [0.29, 0.717) is 11.3 Å². The van der Waals surface area contributed by atoms with Crippen LogP contribution in [0.5, 0.6) is 11.5 Å². The molecule has 2 amide bonds. The van der Waals surface area contributed by atoms with E-state index in [2.05, 4.69) is 15.4 Å². The fraction of sp³-hybridized carbons (Fsp3) is 0.333. The maximum absolute atomic E-state index is 12.4. The van der Waals surface area contributed by atoms with Crippen molar-refractivity contribution in [2.75, 3.05) is 12.4 Å². The molecule has 0 heterocycles. The van der Waals surface area contributed by atoms with E-state index in [0.717, 1.165) is 25.7 Å². The molecule has 1 aliphatic rings. The van der Waals surface area contributed by atoms with E-state index in [9.17, 15) is 18.4 Å². The number of nitrogens with one attached hydrogen (secondary N) is 2. The number of anilines is 1. The Morgan fingerprint density at radius 2 is 1.62 bits per heavy atom. The van der Waals surface area contributed by atoms with Crippen molar-refractivity contribution < 1.29 is 27.8 Å². The summed E-state index contributed by atoms with van der Waals surface area (Å²) in [5, 5.41) is 5.70.